The number of para-hydroxylation sites is 1. The van der Waals surface area contributed by atoms with E-state index in [4.69, 9.17) is 4.74 Å². The molecule has 0 spiro atoms. The number of carbonyl (C=O) groups excluding carboxylic acids is 1. The Labute approximate surface area is 115 Å². The van der Waals surface area contributed by atoms with E-state index in [2.05, 4.69) is 19.1 Å². The van der Waals surface area contributed by atoms with Gasteiger partial charge in [0.1, 0.15) is 0 Å². The summed E-state index contributed by atoms with van der Waals surface area (Å²) in [6, 6.07) is 6.16. The van der Waals surface area contributed by atoms with E-state index in [1.54, 1.807) is 4.90 Å². The number of fused-ring (bicyclic) bond motifs is 1. The molecule has 1 heterocycles. The molecule has 19 heavy (non-hydrogen) atoms. The second-order valence-electron chi connectivity index (χ2n) is 5.64. The van der Waals surface area contributed by atoms with Gasteiger partial charge in [-0.15, -0.1) is 0 Å². The molecule has 1 amide bonds. The Hall–Kier alpha value is -1.35. The van der Waals surface area contributed by atoms with E-state index < -0.39 is 5.41 Å². The van der Waals surface area contributed by atoms with Crippen LogP contribution in [0.4, 0.5) is 5.69 Å². The third-order valence-corrected chi connectivity index (χ3v) is 4.09. The van der Waals surface area contributed by atoms with Gasteiger partial charge >= 0.3 is 0 Å². The average Bonchev–Trinajstić information content (AvgIpc) is 2.53. The molecule has 2 rings (SSSR count). The van der Waals surface area contributed by atoms with Gasteiger partial charge in [0.15, 0.2) is 0 Å². The average molecular weight is 261 g/mol. The fraction of sp³-hybridized carbons (Fsp3) is 0.562. The first-order valence-corrected chi connectivity index (χ1v) is 6.91. The molecule has 1 aliphatic rings. The molecule has 1 aromatic carbocycles. The zero-order valence-corrected chi connectivity index (χ0v) is 12.5. The van der Waals surface area contributed by atoms with Crippen LogP contribution in [0, 0.1) is 6.92 Å². The van der Waals surface area contributed by atoms with E-state index >= 15 is 0 Å². The van der Waals surface area contributed by atoms with Crippen LogP contribution in [-0.2, 0) is 14.9 Å². The van der Waals surface area contributed by atoms with Crippen LogP contribution in [-0.4, -0.2) is 25.7 Å². The highest BCUT2D eigenvalue weighted by molar-refractivity contribution is 6.08. The molecule has 1 aliphatic heterocycles. The first-order valence-electron chi connectivity index (χ1n) is 6.91. The fourth-order valence-electron chi connectivity index (χ4n) is 3.25. The molecule has 0 bridgehead atoms. The Morgan fingerprint density at radius 2 is 2.11 bits per heavy atom. The van der Waals surface area contributed by atoms with Crippen molar-refractivity contribution in [1.82, 2.24) is 0 Å². The van der Waals surface area contributed by atoms with E-state index in [0.29, 0.717) is 6.61 Å². The van der Waals surface area contributed by atoms with Crippen LogP contribution >= 0.6 is 0 Å². The van der Waals surface area contributed by atoms with Gasteiger partial charge in [-0.2, -0.15) is 0 Å². The highest BCUT2D eigenvalue weighted by Crippen LogP contribution is 2.45. The molecule has 0 fully saturated rings. The number of benzene rings is 1. The predicted octanol–water partition coefficient (Wildman–Crippen LogP) is 3.04. The first-order chi connectivity index (χ1) is 8.91. The smallest absolute Gasteiger partial charge is 0.237 e. The number of rotatable bonds is 4. The monoisotopic (exact) mass is 261 g/mol. The Morgan fingerprint density at radius 1 is 1.42 bits per heavy atom. The van der Waals surface area contributed by atoms with Gasteiger partial charge in [-0.3, -0.25) is 4.79 Å². The highest BCUT2D eigenvalue weighted by Gasteiger charge is 2.47. The van der Waals surface area contributed by atoms with Gasteiger partial charge in [0.25, 0.3) is 0 Å². The van der Waals surface area contributed by atoms with Crippen LogP contribution in [0.3, 0.4) is 0 Å². The molecule has 0 saturated heterocycles. The standard InChI is InChI=1S/C16H23NO2/c1-6-19-12(3)10-16(4)13-9-7-8-11(2)14(13)17(5)15(16)18/h7-9,12H,6,10H2,1-5H3. The van der Waals surface area contributed by atoms with E-state index in [1.165, 1.54) is 0 Å². The Kier molecular flexibility index (Phi) is 3.68. The summed E-state index contributed by atoms with van der Waals surface area (Å²) in [5, 5.41) is 0. The molecule has 2 unspecified atom stereocenters. The van der Waals surface area contributed by atoms with Gasteiger partial charge in [0, 0.05) is 13.7 Å². The van der Waals surface area contributed by atoms with Crippen LogP contribution in [0.1, 0.15) is 38.3 Å². The third-order valence-electron chi connectivity index (χ3n) is 4.09. The zero-order valence-electron chi connectivity index (χ0n) is 12.5. The summed E-state index contributed by atoms with van der Waals surface area (Å²) in [4.78, 5) is 14.4. The van der Waals surface area contributed by atoms with Crippen molar-refractivity contribution in [1.29, 1.82) is 0 Å². The zero-order chi connectivity index (χ0) is 14.2. The van der Waals surface area contributed by atoms with Crippen LogP contribution in [0.2, 0.25) is 0 Å². The van der Waals surface area contributed by atoms with E-state index in [9.17, 15) is 4.79 Å². The summed E-state index contributed by atoms with van der Waals surface area (Å²) < 4.78 is 5.63. The summed E-state index contributed by atoms with van der Waals surface area (Å²) in [6.07, 6.45) is 0.805. The van der Waals surface area contributed by atoms with Crippen molar-refractivity contribution in [3.63, 3.8) is 0 Å². The molecule has 0 saturated carbocycles. The van der Waals surface area contributed by atoms with Crippen molar-refractivity contribution >= 4 is 11.6 Å². The van der Waals surface area contributed by atoms with E-state index in [0.717, 1.165) is 23.2 Å². The Balaban J connectivity index is 2.42. The lowest BCUT2D eigenvalue weighted by molar-refractivity contribution is -0.123. The molecule has 0 radical (unpaired) electrons. The number of ether oxygens (including phenoxy) is 1. The quantitative estimate of drug-likeness (QED) is 0.833. The van der Waals surface area contributed by atoms with Gasteiger partial charge in [0.05, 0.1) is 17.2 Å². The number of nitrogens with zero attached hydrogens (tertiary/aromatic N) is 1. The summed E-state index contributed by atoms with van der Waals surface area (Å²) in [5.74, 6) is 0.170. The second kappa shape index (κ2) is 4.97. The van der Waals surface area contributed by atoms with Crippen LogP contribution in [0.15, 0.2) is 18.2 Å². The fourth-order valence-corrected chi connectivity index (χ4v) is 3.25. The van der Waals surface area contributed by atoms with Gasteiger partial charge < -0.3 is 9.64 Å². The Morgan fingerprint density at radius 3 is 2.74 bits per heavy atom. The maximum atomic E-state index is 12.6. The van der Waals surface area contributed by atoms with Crippen LogP contribution < -0.4 is 4.90 Å². The Bertz CT molecular complexity index is 498. The minimum atomic E-state index is -0.468. The van der Waals surface area contributed by atoms with Crippen molar-refractivity contribution < 1.29 is 9.53 Å². The molecule has 3 heteroatoms. The van der Waals surface area contributed by atoms with Crippen molar-refractivity contribution in [2.75, 3.05) is 18.6 Å². The minimum Gasteiger partial charge on any atom is -0.379 e. The number of hydrogen-bond donors (Lipinski definition) is 0. The number of anilines is 1. The second-order valence-corrected chi connectivity index (χ2v) is 5.64. The largest absolute Gasteiger partial charge is 0.379 e. The van der Waals surface area contributed by atoms with Crippen molar-refractivity contribution in [2.45, 2.75) is 45.6 Å². The minimum absolute atomic E-state index is 0.0822. The van der Waals surface area contributed by atoms with Gasteiger partial charge in [-0.25, -0.2) is 0 Å². The number of aryl methyl sites for hydroxylation is 1. The molecular formula is C16H23NO2. The summed E-state index contributed by atoms with van der Waals surface area (Å²) in [6.45, 7) is 8.80. The molecule has 1 aromatic rings. The number of amides is 1. The van der Waals surface area contributed by atoms with E-state index in [-0.39, 0.29) is 12.0 Å². The van der Waals surface area contributed by atoms with Crippen LogP contribution in [0.25, 0.3) is 0 Å². The number of carbonyl (C=O) groups is 1. The third kappa shape index (κ3) is 2.16. The van der Waals surface area contributed by atoms with Crippen molar-refractivity contribution in [3.05, 3.63) is 29.3 Å². The molecule has 0 aliphatic carbocycles. The maximum Gasteiger partial charge on any atom is 0.237 e. The summed E-state index contributed by atoms with van der Waals surface area (Å²) >= 11 is 0. The van der Waals surface area contributed by atoms with Gasteiger partial charge in [0.2, 0.25) is 5.91 Å². The predicted molar refractivity (Wildman–Crippen MR) is 77.6 cm³/mol. The molecule has 2 atom stereocenters. The van der Waals surface area contributed by atoms with Gasteiger partial charge in [-0.1, -0.05) is 18.2 Å². The normalized spacial score (nSPS) is 23.6. The SMILES string of the molecule is CCOC(C)CC1(C)C(=O)N(C)c2c(C)cccc21. The highest BCUT2D eigenvalue weighted by atomic mass is 16.5. The van der Waals surface area contributed by atoms with Crippen molar-refractivity contribution in [3.8, 4) is 0 Å². The lowest BCUT2D eigenvalue weighted by Crippen LogP contribution is -2.38. The lowest BCUT2D eigenvalue weighted by atomic mass is 9.78. The van der Waals surface area contributed by atoms with Crippen LogP contribution in [0.5, 0.6) is 0 Å². The topological polar surface area (TPSA) is 29.5 Å². The first kappa shape index (κ1) is 14.1. The number of hydrogen-bond acceptors (Lipinski definition) is 2. The maximum absolute atomic E-state index is 12.6. The summed E-state index contributed by atoms with van der Waals surface area (Å²) in [5.41, 5.74) is 2.89. The molecule has 104 valence electrons. The van der Waals surface area contributed by atoms with E-state index in [1.807, 2.05) is 33.9 Å². The summed E-state index contributed by atoms with van der Waals surface area (Å²) in [7, 11) is 1.87. The van der Waals surface area contributed by atoms with Gasteiger partial charge in [-0.05, 0) is 45.2 Å². The molecule has 0 N–H and O–H groups in total. The lowest BCUT2D eigenvalue weighted by Gasteiger charge is -2.26. The number of likely N-dealkylation sites (N-methyl/N-ethyl adjacent to an activating group) is 1. The molecule has 3 nitrogen and oxygen atoms in total. The van der Waals surface area contributed by atoms with Crippen molar-refractivity contribution in [2.24, 2.45) is 0 Å². The molecular weight excluding hydrogens is 238 g/mol. The molecule has 0 aromatic heterocycles.